The van der Waals surface area contributed by atoms with Gasteiger partial charge in [-0.1, -0.05) is 212 Å². The highest BCUT2D eigenvalue weighted by atomic mass is 28.3. The minimum Gasteiger partial charge on any atom is -0.456 e. The third kappa shape index (κ3) is 6.88. The second-order valence-corrected chi connectivity index (χ2v) is 19.6. The van der Waals surface area contributed by atoms with E-state index in [1.165, 1.54) is 0 Å². The van der Waals surface area contributed by atoms with Crippen molar-refractivity contribution in [1.82, 2.24) is 19.5 Å². The summed E-state index contributed by atoms with van der Waals surface area (Å²) in [5.41, 5.74) is -4.98. The third-order valence-corrected chi connectivity index (χ3v) is 16.7. The number of fused-ring (bicyclic) bond motifs is 6. The average Bonchev–Trinajstić information content (AvgIpc) is 1.55. The van der Waals surface area contributed by atoms with Gasteiger partial charge in [-0.15, -0.1) is 0 Å². The van der Waals surface area contributed by atoms with E-state index in [2.05, 4.69) is 41.4 Å². The van der Waals surface area contributed by atoms with Crippen LogP contribution in [0.3, 0.4) is 0 Å². The molecule has 0 N–H and O–H groups in total. The van der Waals surface area contributed by atoms with Crippen molar-refractivity contribution in [2.75, 3.05) is 0 Å². The third-order valence-electron chi connectivity index (χ3n) is 11.9. The molecule has 0 saturated carbocycles. The number of hydrogen-bond acceptors (Lipinski definition) is 4. The first kappa shape index (κ1) is 23.2. The van der Waals surface area contributed by atoms with E-state index in [0.29, 0.717) is 0 Å². The molecule has 0 atom stereocenters. The van der Waals surface area contributed by atoms with Gasteiger partial charge in [0.25, 0.3) is 0 Å². The number of para-hydroxylation sites is 3. The number of hydrogen-bond donors (Lipinski definition) is 0. The standard InChI is InChI=1S/C63H42N4OSi/c1-4-19-49(20-5-1)69(50-21-6-2-7-22-50,51-23-8-3-9-24-51)52-38-35-45(36-39-52)62-64-61(44-33-31-43(32-34-44)46-37-40-56-55-27-12-15-30-59(55)68-60(56)42-46)65-63(66-62)47-17-16-18-48(41-47)67-57-28-13-10-25-53(57)54-26-11-14-29-58(54)67/h1-42H/i10D,11D,12D,13D,14D,15D,16D,17D,18D,25D,26D,27D,28D,29D,30D,31D,32D,33D,34D,37D,40D,41D,42D. The van der Waals surface area contributed by atoms with Gasteiger partial charge in [0.1, 0.15) is 11.2 Å². The molecule has 0 fully saturated rings. The largest absolute Gasteiger partial charge is 0.456 e. The van der Waals surface area contributed by atoms with Crippen molar-refractivity contribution in [2.24, 2.45) is 0 Å². The fourth-order valence-corrected chi connectivity index (χ4v) is 13.6. The van der Waals surface area contributed by atoms with Crippen LogP contribution >= 0.6 is 0 Å². The second kappa shape index (κ2) is 16.7. The van der Waals surface area contributed by atoms with Gasteiger partial charge >= 0.3 is 0 Å². The Labute approximate surface area is 432 Å². The lowest BCUT2D eigenvalue weighted by Gasteiger charge is -2.34. The van der Waals surface area contributed by atoms with Gasteiger partial charge in [0.15, 0.2) is 25.5 Å². The smallest absolute Gasteiger partial charge is 0.179 e. The summed E-state index contributed by atoms with van der Waals surface area (Å²) in [5, 5.41) is 2.56. The first-order chi connectivity index (χ1) is 43.8. The van der Waals surface area contributed by atoms with Crippen LogP contribution in [-0.2, 0) is 0 Å². The summed E-state index contributed by atoms with van der Waals surface area (Å²) in [6.45, 7) is 0. The SMILES string of the molecule is [2H]c1c([2H])c(-c2nc(-c3ccc([Si](c4ccccc4)(c4ccccc4)c4ccccc4)cc3)nc(-c3c([2H])c([2H])c(-c4c([2H])c([2H])c5c(oc6c([2H])c([2H])c([2H])c([2H])c65)c4[2H])c([2H])c3[2H])n2)c([2H])c(-n2c3c([2H])c([2H])c([2H])c([2H])c3c3c([2H])c([2H])c([2H])c([2H])c32)c1[2H]. The molecule has 0 saturated heterocycles. The lowest BCUT2D eigenvalue weighted by atomic mass is 10.0. The molecule has 0 aliphatic rings. The predicted octanol–water partition coefficient (Wildman–Crippen LogP) is 12.9. The second-order valence-electron chi connectivity index (χ2n) is 15.7. The molecule has 69 heavy (non-hydrogen) atoms. The van der Waals surface area contributed by atoms with Crippen LogP contribution in [0.15, 0.2) is 259 Å². The topological polar surface area (TPSA) is 56.7 Å². The number of rotatable bonds is 9. The Morgan fingerprint density at radius 2 is 0.826 bits per heavy atom. The Balaban J connectivity index is 1.10. The maximum absolute atomic E-state index is 10.0. The van der Waals surface area contributed by atoms with Gasteiger partial charge in [0.2, 0.25) is 0 Å². The minimum atomic E-state index is -3.19. The van der Waals surface area contributed by atoms with Gasteiger partial charge in [0.05, 0.1) is 42.6 Å². The highest BCUT2D eigenvalue weighted by Gasteiger charge is 2.41. The van der Waals surface area contributed by atoms with Crippen molar-refractivity contribution < 1.29 is 35.9 Å². The zero-order valence-electron chi connectivity index (χ0n) is 58.7. The van der Waals surface area contributed by atoms with Gasteiger partial charge < -0.3 is 8.98 Å². The number of benzene rings is 10. The molecule has 6 heteroatoms. The van der Waals surface area contributed by atoms with Gasteiger partial charge in [-0.05, 0) is 74.2 Å². The number of nitrogens with zero attached hydrogens (tertiary/aromatic N) is 4. The van der Waals surface area contributed by atoms with E-state index in [1.54, 1.807) is 12.1 Å². The molecule has 13 aromatic rings. The number of aromatic nitrogens is 4. The number of furan rings is 1. The predicted molar refractivity (Wildman–Crippen MR) is 287 cm³/mol. The minimum absolute atomic E-state index is 0.222. The fraction of sp³-hybridized carbons (Fsp3) is 0. The molecule has 3 aromatic heterocycles. The first-order valence-electron chi connectivity index (χ1n) is 33.0. The monoisotopic (exact) mass is 921 g/mol. The van der Waals surface area contributed by atoms with Gasteiger partial charge in [-0.25, -0.2) is 15.0 Å². The Morgan fingerprint density at radius 1 is 0.348 bits per heavy atom. The molecule has 324 valence electrons. The summed E-state index contributed by atoms with van der Waals surface area (Å²) in [5.74, 6) is -1.54. The molecule has 0 aliphatic carbocycles. The van der Waals surface area contributed by atoms with E-state index in [9.17, 15) is 16.4 Å². The van der Waals surface area contributed by atoms with E-state index in [-0.39, 0.29) is 22.2 Å². The van der Waals surface area contributed by atoms with Crippen LogP contribution in [0.25, 0.3) is 94.7 Å². The van der Waals surface area contributed by atoms with Gasteiger partial charge in [0, 0.05) is 43.9 Å². The van der Waals surface area contributed by atoms with Gasteiger partial charge in [-0.2, -0.15) is 0 Å². The average molecular weight is 922 g/mol. The van der Waals surface area contributed by atoms with E-state index in [0.717, 1.165) is 25.3 Å². The quantitative estimate of drug-likeness (QED) is 0.107. The molecule has 0 spiro atoms. The zero-order valence-corrected chi connectivity index (χ0v) is 36.7. The highest BCUT2D eigenvalue weighted by Crippen LogP contribution is 2.35. The van der Waals surface area contributed by atoms with Crippen LogP contribution in [-0.4, -0.2) is 27.6 Å². The van der Waals surface area contributed by atoms with Crippen LogP contribution in [0.5, 0.6) is 0 Å². The fourth-order valence-electron chi connectivity index (χ4n) is 8.84. The summed E-state index contributed by atoms with van der Waals surface area (Å²) in [7, 11) is -3.19. The summed E-state index contributed by atoms with van der Waals surface area (Å²) in [4.78, 5) is 14.2. The molecule has 0 aliphatic heterocycles. The first-order valence-corrected chi connectivity index (χ1v) is 23.5. The molecule has 13 rings (SSSR count). The van der Waals surface area contributed by atoms with Crippen molar-refractivity contribution in [2.45, 2.75) is 0 Å². The van der Waals surface area contributed by atoms with Crippen LogP contribution < -0.4 is 20.7 Å². The van der Waals surface area contributed by atoms with E-state index in [4.69, 9.17) is 29.5 Å². The molecule has 3 heterocycles. The van der Waals surface area contributed by atoms with Crippen LogP contribution in [0, 0.1) is 0 Å². The van der Waals surface area contributed by atoms with Gasteiger partial charge in [-0.3, -0.25) is 0 Å². The molecular weight excluding hydrogens is 857 g/mol. The maximum atomic E-state index is 10.0. The molecule has 0 unspecified atom stereocenters. The van der Waals surface area contributed by atoms with Crippen LogP contribution in [0.4, 0.5) is 0 Å². The van der Waals surface area contributed by atoms with Crippen molar-refractivity contribution in [3.8, 4) is 51.0 Å². The molecule has 0 bridgehead atoms. The summed E-state index contributed by atoms with van der Waals surface area (Å²) in [6, 6.07) is 19.0. The van der Waals surface area contributed by atoms with E-state index < -0.39 is 220 Å². The molecular formula is C63H42N4OSi. The summed E-state index contributed by atoms with van der Waals surface area (Å²) in [6.07, 6.45) is 0. The zero-order chi connectivity index (χ0) is 65.7. The lowest BCUT2D eigenvalue weighted by molar-refractivity contribution is 0.669. The van der Waals surface area contributed by atoms with Crippen LogP contribution in [0.1, 0.15) is 31.5 Å². The molecule has 5 nitrogen and oxygen atoms in total. The molecule has 0 radical (unpaired) electrons. The highest BCUT2D eigenvalue weighted by molar-refractivity contribution is 7.19. The van der Waals surface area contributed by atoms with E-state index in [1.807, 2.05) is 66.7 Å². The lowest BCUT2D eigenvalue weighted by Crippen LogP contribution is -2.74. The normalized spacial score (nSPS) is 16.4. The van der Waals surface area contributed by atoms with Crippen molar-refractivity contribution in [3.05, 3.63) is 254 Å². The Kier molecular flexibility index (Phi) is 5.61. The molecule has 0 amide bonds. The Hall–Kier alpha value is -8.97. The Morgan fingerprint density at radius 3 is 1.43 bits per heavy atom. The maximum Gasteiger partial charge on any atom is 0.179 e. The van der Waals surface area contributed by atoms with E-state index >= 15 is 0 Å². The van der Waals surface area contributed by atoms with Crippen molar-refractivity contribution in [1.29, 1.82) is 0 Å². The summed E-state index contributed by atoms with van der Waals surface area (Å²) >= 11 is 0. The van der Waals surface area contributed by atoms with Crippen LogP contribution in [0.2, 0.25) is 0 Å². The Bertz CT molecular complexity index is 5180. The van der Waals surface area contributed by atoms with Crippen molar-refractivity contribution >= 4 is 72.6 Å². The van der Waals surface area contributed by atoms with Crippen molar-refractivity contribution in [3.63, 3.8) is 0 Å². The summed E-state index contributed by atoms with van der Waals surface area (Å²) < 4.78 is 216. The molecule has 10 aromatic carbocycles.